The number of hydrogen-bond acceptors (Lipinski definition) is 6. The molecule has 0 saturated carbocycles. The van der Waals surface area contributed by atoms with Gasteiger partial charge in [-0.1, -0.05) is 58.8 Å². The molecule has 1 atom stereocenters. The number of aromatic nitrogens is 2. The highest BCUT2D eigenvalue weighted by molar-refractivity contribution is 5.79. The third-order valence-corrected chi connectivity index (χ3v) is 6.43. The zero-order valence-electron chi connectivity index (χ0n) is 19.0. The maximum atomic E-state index is 14.1. The molecule has 35 heavy (non-hydrogen) atoms. The van der Waals surface area contributed by atoms with Crippen LogP contribution in [0.4, 0.5) is 13.2 Å². The Balaban J connectivity index is 1.52. The average molecular weight is 483 g/mol. The standard InChI is InChI=1S/C26H24F3N3O3/c1-25(30,14-33)12-11-15-7-9-18-17(13-15)8-10-19-21(18)31-35-24(19)22-20(26(27,28)29)23(34-32-22)16-5-3-2-4-6-16/h2-7,9,13,33H,8,10-12,14,30H2,1H3/t25-/m1/s1. The zero-order valence-corrected chi connectivity index (χ0v) is 19.0. The Labute approximate surface area is 199 Å². The Bertz CT molecular complexity index is 1360. The normalized spacial score (nSPS) is 14.9. The van der Waals surface area contributed by atoms with Gasteiger partial charge in [0, 0.05) is 22.2 Å². The van der Waals surface area contributed by atoms with Gasteiger partial charge in [-0.25, -0.2) is 0 Å². The van der Waals surface area contributed by atoms with Gasteiger partial charge in [0.25, 0.3) is 0 Å². The first-order valence-corrected chi connectivity index (χ1v) is 11.3. The molecule has 1 aliphatic rings. The van der Waals surface area contributed by atoms with Gasteiger partial charge in [-0.05, 0) is 43.7 Å². The van der Waals surface area contributed by atoms with Crippen molar-refractivity contribution in [3.8, 4) is 34.0 Å². The molecule has 182 valence electrons. The van der Waals surface area contributed by atoms with E-state index in [4.69, 9.17) is 14.8 Å². The van der Waals surface area contributed by atoms with Crippen LogP contribution in [0.3, 0.4) is 0 Å². The number of rotatable bonds is 6. The molecule has 0 unspecified atom stereocenters. The average Bonchev–Trinajstić information content (AvgIpc) is 3.47. The van der Waals surface area contributed by atoms with E-state index in [1.807, 2.05) is 12.1 Å². The number of nitrogens with two attached hydrogens (primary N) is 1. The second kappa shape index (κ2) is 8.66. The molecule has 0 radical (unpaired) electrons. The van der Waals surface area contributed by atoms with Crippen LogP contribution < -0.4 is 5.73 Å². The molecule has 3 N–H and O–H groups in total. The minimum atomic E-state index is -4.70. The van der Waals surface area contributed by atoms with Crippen LogP contribution in [0.5, 0.6) is 0 Å². The van der Waals surface area contributed by atoms with Gasteiger partial charge in [0.05, 0.1) is 6.61 Å². The number of fused-ring (bicyclic) bond motifs is 3. The van der Waals surface area contributed by atoms with Crippen LogP contribution in [0.25, 0.3) is 34.0 Å². The monoisotopic (exact) mass is 483 g/mol. The van der Waals surface area contributed by atoms with E-state index < -0.39 is 23.0 Å². The highest BCUT2D eigenvalue weighted by Crippen LogP contribution is 2.46. The maximum absolute atomic E-state index is 14.1. The molecule has 0 saturated heterocycles. The first-order chi connectivity index (χ1) is 16.7. The molecule has 4 aromatic rings. The van der Waals surface area contributed by atoms with Gasteiger partial charge in [0.1, 0.15) is 11.3 Å². The maximum Gasteiger partial charge on any atom is 0.422 e. The topological polar surface area (TPSA) is 98.3 Å². The van der Waals surface area contributed by atoms with Gasteiger partial charge in [0.15, 0.2) is 17.2 Å². The van der Waals surface area contributed by atoms with E-state index in [2.05, 4.69) is 16.4 Å². The quantitative estimate of drug-likeness (QED) is 0.380. The van der Waals surface area contributed by atoms with Crippen molar-refractivity contribution in [3.63, 3.8) is 0 Å². The number of hydrogen-bond donors (Lipinski definition) is 2. The van der Waals surface area contributed by atoms with Crippen molar-refractivity contribution in [2.75, 3.05) is 6.61 Å². The van der Waals surface area contributed by atoms with Crippen molar-refractivity contribution in [1.82, 2.24) is 10.3 Å². The van der Waals surface area contributed by atoms with Gasteiger partial charge in [-0.2, -0.15) is 13.2 Å². The molecule has 0 fully saturated rings. The number of aryl methyl sites for hydroxylation is 2. The minimum absolute atomic E-state index is 0.0187. The Morgan fingerprint density at radius 1 is 0.971 bits per heavy atom. The van der Waals surface area contributed by atoms with Gasteiger partial charge < -0.3 is 19.9 Å². The van der Waals surface area contributed by atoms with Crippen LogP contribution >= 0.6 is 0 Å². The van der Waals surface area contributed by atoms with Gasteiger partial charge in [-0.3, -0.25) is 0 Å². The summed E-state index contributed by atoms with van der Waals surface area (Å²) < 4.78 is 53.0. The molecular weight excluding hydrogens is 459 g/mol. The molecule has 2 aromatic carbocycles. The molecule has 0 aliphatic heterocycles. The summed E-state index contributed by atoms with van der Waals surface area (Å²) in [5.41, 5.74) is 8.33. The number of benzene rings is 2. The molecule has 0 amide bonds. The Kier molecular flexibility index (Phi) is 5.77. The van der Waals surface area contributed by atoms with Crippen molar-refractivity contribution in [2.45, 2.75) is 44.3 Å². The molecule has 6 nitrogen and oxygen atoms in total. The number of aliphatic hydroxyl groups excluding tert-OH is 1. The number of halogens is 3. The molecule has 5 rings (SSSR count). The fourth-order valence-electron chi connectivity index (χ4n) is 4.44. The molecule has 9 heteroatoms. The van der Waals surface area contributed by atoms with E-state index in [9.17, 15) is 18.3 Å². The number of nitrogens with zero attached hydrogens (tertiary/aromatic N) is 2. The fraction of sp³-hybridized carbons (Fsp3) is 0.308. The van der Waals surface area contributed by atoms with Gasteiger partial charge in [0.2, 0.25) is 0 Å². The molecule has 1 aliphatic carbocycles. The predicted molar refractivity (Wildman–Crippen MR) is 123 cm³/mol. The second-order valence-electron chi connectivity index (χ2n) is 9.24. The minimum Gasteiger partial charge on any atom is -0.394 e. The summed E-state index contributed by atoms with van der Waals surface area (Å²) in [6.45, 7) is 1.70. The summed E-state index contributed by atoms with van der Waals surface area (Å²) in [6.07, 6.45) is -2.30. The summed E-state index contributed by atoms with van der Waals surface area (Å²) in [7, 11) is 0. The number of aliphatic hydroxyl groups is 1. The molecule has 2 heterocycles. The predicted octanol–water partition coefficient (Wildman–Crippen LogP) is 5.42. The van der Waals surface area contributed by atoms with Crippen molar-refractivity contribution < 1.29 is 27.3 Å². The Hall–Kier alpha value is -3.43. The SMILES string of the molecule is C[C@](N)(CO)CCc1ccc2c(c1)CCc1c-2noc1-c1noc(-c2ccccc2)c1C(F)(F)F. The van der Waals surface area contributed by atoms with E-state index in [0.717, 1.165) is 16.7 Å². The molecular formula is C26H24F3N3O3. The van der Waals surface area contributed by atoms with Crippen LogP contribution in [0, 0.1) is 0 Å². The van der Waals surface area contributed by atoms with Crippen molar-refractivity contribution in [1.29, 1.82) is 0 Å². The van der Waals surface area contributed by atoms with Crippen LogP contribution in [0.1, 0.15) is 35.6 Å². The summed E-state index contributed by atoms with van der Waals surface area (Å²) >= 11 is 0. The van der Waals surface area contributed by atoms with E-state index in [1.54, 1.807) is 25.1 Å². The number of alkyl halides is 3. The lowest BCUT2D eigenvalue weighted by Crippen LogP contribution is -2.40. The first-order valence-electron chi connectivity index (χ1n) is 11.3. The van der Waals surface area contributed by atoms with E-state index in [-0.39, 0.29) is 23.7 Å². The lowest BCUT2D eigenvalue weighted by Gasteiger charge is -2.22. The van der Waals surface area contributed by atoms with Crippen molar-refractivity contribution in [3.05, 3.63) is 70.8 Å². The van der Waals surface area contributed by atoms with E-state index in [0.29, 0.717) is 36.9 Å². The van der Waals surface area contributed by atoms with E-state index in [1.165, 1.54) is 12.1 Å². The second-order valence-corrected chi connectivity index (χ2v) is 9.24. The third-order valence-electron chi connectivity index (χ3n) is 6.43. The fourth-order valence-corrected chi connectivity index (χ4v) is 4.44. The summed E-state index contributed by atoms with van der Waals surface area (Å²) in [5, 5.41) is 17.3. The first kappa shape index (κ1) is 23.3. The third kappa shape index (κ3) is 4.37. The molecule has 0 bridgehead atoms. The Morgan fingerprint density at radius 2 is 1.69 bits per heavy atom. The lowest BCUT2D eigenvalue weighted by atomic mass is 9.86. The summed E-state index contributed by atoms with van der Waals surface area (Å²) in [5.74, 6) is -0.372. The smallest absolute Gasteiger partial charge is 0.394 e. The molecule has 0 spiro atoms. The van der Waals surface area contributed by atoms with Crippen LogP contribution in [-0.4, -0.2) is 27.6 Å². The van der Waals surface area contributed by atoms with Crippen molar-refractivity contribution >= 4 is 0 Å². The van der Waals surface area contributed by atoms with Crippen LogP contribution in [-0.2, 0) is 25.4 Å². The highest BCUT2D eigenvalue weighted by atomic mass is 19.4. The van der Waals surface area contributed by atoms with Crippen LogP contribution in [0.2, 0.25) is 0 Å². The van der Waals surface area contributed by atoms with Crippen molar-refractivity contribution in [2.24, 2.45) is 5.73 Å². The zero-order chi connectivity index (χ0) is 24.8. The molecule has 2 aromatic heterocycles. The Morgan fingerprint density at radius 3 is 2.40 bits per heavy atom. The largest absolute Gasteiger partial charge is 0.422 e. The van der Waals surface area contributed by atoms with Crippen LogP contribution in [0.15, 0.2) is 57.6 Å². The summed E-state index contributed by atoms with van der Waals surface area (Å²) in [6, 6.07) is 14.0. The van der Waals surface area contributed by atoms with E-state index >= 15 is 0 Å². The van der Waals surface area contributed by atoms with Gasteiger partial charge >= 0.3 is 6.18 Å². The lowest BCUT2D eigenvalue weighted by molar-refractivity contribution is -0.136. The van der Waals surface area contributed by atoms with Gasteiger partial charge in [-0.15, -0.1) is 0 Å². The summed E-state index contributed by atoms with van der Waals surface area (Å²) in [4.78, 5) is 0. The highest BCUT2D eigenvalue weighted by Gasteiger charge is 2.43.